The fourth-order valence-corrected chi connectivity index (χ4v) is 4.14. The third-order valence-electron chi connectivity index (χ3n) is 6.29. The highest BCUT2D eigenvalue weighted by molar-refractivity contribution is 5.58. The van der Waals surface area contributed by atoms with E-state index < -0.39 is 5.41 Å². The molecule has 31 heavy (non-hydrogen) atoms. The molecule has 0 aliphatic carbocycles. The lowest BCUT2D eigenvalue weighted by Gasteiger charge is -2.35. The van der Waals surface area contributed by atoms with Gasteiger partial charge in [0, 0.05) is 22.1 Å². The Kier molecular flexibility index (Phi) is 8.18. The van der Waals surface area contributed by atoms with Gasteiger partial charge in [-0.05, 0) is 38.2 Å². The molecule has 0 atom stereocenters. The highest BCUT2D eigenvalue weighted by Gasteiger charge is 2.35. The summed E-state index contributed by atoms with van der Waals surface area (Å²) in [6.07, 6.45) is 0.972. The smallest absolute Gasteiger partial charge is 0.127 e. The predicted octanol–water partition coefficient (Wildman–Crippen LogP) is 5.37. The second kappa shape index (κ2) is 10.1. The van der Waals surface area contributed by atoms with E-state index in [1.807, 2.05) is 6.92 Å². The number of aryl methyl sites for hydroxylation is 3. The zero-order chi connectivity index (χ0) is 23.4. The first-order valence-electron chi connectivity index (χ1n) is 11.2. The van der Waals surface area contributed by atoms with Gasteiger partial charge in [-0.2, -0.15) is 0 Å². The van der Waals surface area contributed by atoms with Gasteiger partial charge in [0.15, 0.2) is 0 Å². The first kappa shape index (κ1) is 25.2. The SMILES string of the molecule is CCC(C)(C)c1cc(C)cc(C(C)(C)c2cc(C)cc(C)c2OCCO)c1OCCO. The second-order valence-electron chi connectivity index (χ2n) is 9.65. The summed E-state index contributed by atoms with van der Waals surface area (Å²) in [4.78, 5) is 0. The van der Waals surface area contributed by atoms with Crippen LogP contribution in [-0.2, 0) is 10.8 Å². The van der Waals surface area contributed by atoms with Crippen molar-refractivity contribution in [1.29, 1.82) is 0 Å². The molecule has 2 N–H and O–H groups in total. The summed E-state index contributed by atoms with van der Waals surface area (Å²) in [7, 11) is 0. The van der Waals surface area contributed by atoms with Crippen LogP contribution in [0.25, 0.3) is 0 Å². The van der Waals surface area contributed by atoms with Gasteiger partial charge < -0.3 is 19.7 Å². The minimum absolute atomic E-state index is 0.0304. The molecule has 172 valence electrons. The molecule has 0 bridgehead atoms. The van der Waals surface area contributed by atoms with Crippen molar-refractivity contribution in [2.45, 2.75) is 72.6 Å². The number of rotatable bonds is 10. The van der Waals surface area contributed by atoms with Crippen LogP contribution in [0.15, 0.2) is 24.3 Å². The summed E-state index contributed by atoms with van der Waals surface area (Å²) < 4.78 is 12.2. The number of aliphatic hydroxyl groups excluding tert-OH is 2. The Hall–Kier alpha value is -2.04. The Balaban J connectivity index is 2.82. The molecule has 0 saturated heterocycles. The molecule has 0 spiro atoms. The van der Waals surface area contributed by atoms with E-state index in [-0.39, 0.29) is 31.8 Å². The highest BCUT2D eigenvalue weighted by atomic mass is 16.5. The van der Waals surface area contributed by atoms with Crippen molar-refractivity contribution in [2.24, 2.45) is 0 Å². The van der Waals surface area contributed by atoms with Gasteiger partial charge in [-0.25, -0.2) is 0 Å². The minimum atomic E-state index is -0.420. The van der Waals surface area contributed by atoms with E-state index in [0.717, 1.165) is 45.7 Å². The Bertz CT molecular complexity index is 897. The second-order valence-corrected chi connectivity index (χ2v) is 9.65. The molecular formula is C27H40O4. The van der Waals surface area contributed by atoms with Gasteiger partial charge in [-0.1, -0.05) is 70.0 Å². The average Bonchev–Trinajstić information content (AvgIpc) is 2.71. The van der Waals surface area contributed by atoms with Crippen LogP contribution in [0, 0.1) is 20.8 Å². The quantitative estimate of drug-likeness (QED) is 0.534. The van der Waals surface area contributed by atoms with E-state index in [2.05, 4.69) is 72.7 Å². The molecule has 0 aliphatic rings. The maximum atomic E-state index is 9.49. The minimum Gasteiger partial charge on any atom is -0.491 e. The van der Waals surface area contributed by atoms with Gasteiger partial charge in [-0.15, -0.1) is 0 Å². The predicted molar refractivity (Wildman–Crippen MR) is 128 cm³/mol. The van der Waals surface area contributed by atoms with Gasteiger partial charge >= 0.3 is 0 Å². The van der Waals surface area contributed by atoms with Gasteiger partial charge in [0.25, 0.3) is 0 Å². The monoisotopic (exact) mass is 428 g/mol. The first-order valence-corrected chi connectivity index (χ1v) is 11.2. The number of benzene rings is 2. The fourth-order valence-electron chi connectivity index (χ4n) is 4.14. The Labute approximate surface area is 188 Å². The molecule has 0 unspecified atom stereocenters. The van der Waals surface area contributed by atoms with Crippen LogP contribution in [0.4, 0.5) is 0 Å². The zero-order valence-electron chi connectivity index (χ0n) is 20.6. The third kappa shape index (κ3) is 5.42. The Morgan fingerprint density at radius 3 is 1.68 bits per heavy atom. The lowest BCUT2D eigenvalue weighted by molar-refractivity contribution is 0.194. The Morgan fingerprint density at radius 1 is 0.710 bits per heavy atom. The third-order valence-corrected chi connectivity index (χ3v) is 6.29. The molecule has 4 heteroatoms. The van der Waals surface area contributed by atoms with Crippen LogP contribution < -0.4 is 9.47 Å². The van der Waals surface area contributed by atoms with Crippen LogP contribution in [0.2, 0.25) is 0 Å². The summed E-state index contributed by atoms with van der Waals surface area (Å²) >= 11 is 0. The average molecular weight is 429 g/mol. The van der Waals surface area contributed by atoms with E-state index in [0.29, 0.717) is 0 Å². The molecule has 0 radical (unpaired) electrons. The van der Waals surface area contributed by atoms with Crippen molar-refractivity contribution >= 4 is 0 Å². The van der Waals surface area contributed by atoms with Crippen LogP contribution in [0.5, 0.6) is 11.5 Å². The standard InChI is InChI=1S/C27H40O4/c1-9-26(5,6)21-15-19(3)17-23(25(21)31-13-11-29)27(7,8)22-16-18(2)14-20(4)24(22)30-12-10-28/h14-17,28-29H,9-13H2,1-8H3. The van der Waals surface area contributed by atoms with Crippen LogP contribution >= 0.6 is 0 Å². The largest absolute Gasteiger partial charge is 0.491 e. The normalized spacial score (nSPS) is 12.2. The van der Waals surface area contributed by atoms with E-state index >= 15 is 0 Å². The highest BCUT2D eigenvalue weighted by Crippen LogP contribution is 2.47. The van der Waals surface area contributed by atoms with Gasteiger partial charge in [-0.3, -0.25) is 0 Å². The number of ether oxygens (including phenoxy) is 2. The molecule has 0 amide bonds. The summed E-state index contributed by atoms with van der Waals surface area (Å²) in [5.41, 5.74) is 6.21. The van der Waals surface area contributed by atoms with Gasteiger partial charge in [0.2, 0.25) is 0 Å². The van der Waals surface area contributed by atoms with E-state index in [4.69, 9.17) is 9.47 Å². The zero-order valence-corrected chi connectivity index (χ0v) is 20.6. The topological polar surface area (TPSA) is 58.9 Å². The molecular weight excluding hydrogens is 388 g/mol. The molecule has 4 nitrogen and oxygen atoms in total. The lowest BCUT2D eigenvalue weighted by Crippen LogP contribution is -2.26. The maximum absolute atomic E-state index is 9.49. The molecule has 0 heterocycles. The van der Waals surface area contributed by atoms with E-state index in [9.17, 15) is 10.2 Å². The molecule has 2 aromatic rings. The van der Waals surface area contributed by atoms with Crippen molar-refractivity contribution in [3.05, 3.63) is 57.6 Å². The summed E-state index contributed by atoms with van der Waals surface area (Å²) in [5, 5.41) is 18.8. The maximum Gasteiger partial charge on any atom is 0.127 e. The lowest BCUT2D eigenvalue weighted by atomic mass is 9.72. The van der Waals surface area contributed by atoms with E-state index in [1.165, 1.54) is 5.56 Å². The summed E-state index contributed by atoms with van der Waals surface area (Å²) in [6, 6.07) is 8.68. The van der Waals surface area contributed by atoms with Crippen LogP contribution in [0.1, 0.15) is 74.4 Å². The Morgan fingerprint density at radius 2 is 1.16 bits per heavy atom. The van der Waals surface area contributed by atoms with Crippen molar-refractivity contribution in [3.63, 3.8) is 0 Å². The molecule has 0 fully saturated rings. The number of aliphatic hydroxyl groups is 2. The fraction of sp³-hybridized carbons (Fsp3) is 0.556. The molecule has 0 aliphatic heterocycles. The summed E-state index contributed by atoms with van der Waals surface area (Å²) in [5.74, 6) is 1.67. The van der Waals surface area contributed by atoms with Gasteiger partial charge in [0.1, 0.15) is 24.7 Å². The summed E-state index contributed by atoms with van der Waals surface area (Å²) in [6.45, 7) is 17.7. The van der Waals surface area contributed by atoms with Crippen LogP contribution in [0.3, 0.4) is 0 Å². The van der Waals surface area contributed by atoms with Crippen molar-refractivity contribution in [3.8, 4) is 11.5 Å². The molecule has 0 saturated carbocycles. The number of hydrogen-bond acceptors (Lipinski definition) is 4. The first-order chi connectivity index (χ1) is 14.5. The van der Waals surface area contributed by atoms with E-state index in [1.54, 1.807) is 0 Å². The van der Waals surface area contributed by atoms with Crippen LogP contribution in [-0.4, -0.2) is 36.6 Å². The van der Waals surface area contributed by atoms with Gasteiger partial charge in [0.05, 0.1) is 13.2 Å². The molecule has 2 aromatic carbocycles. The molecule has 2 rings (SSSR count). The van der Waals surface area contributed by atoms with Crippen molar-refractivity contribution in [2.75, 3.05) is 26.4 Å². The number of hydrogen-bond donors (Lipinski definition) is 2. The van der Waals surface area contributed by atoms with Crippen molar-refractivity contribution < 1.29 is 19.7 Å². The molecule has 0 aromatic heterocycles. The van der Waals surface area contributed by atoms with Crippen molar-refractivity contribution in [1.82, 2.24) is 0 Å².